The van der Waals surface area contributed by atoms with Crippen LogP contribution in [0.3, 0.4) is 0 Å². The number of nitrogen functional groups attached to an aromatic ring is 1. The van der Waals surface area contributed by atoms with Gasteiger partial charge in [-0.3, -0.25) is 0 Å². The van der Waals surface area contributed by atoms with Crippen molar-refractivity contribution in [1.29, 1.82) is 0 Å². The molecule has 0 aromatic heterocycles. The van der Waals surface area contributed by atoms with Gasteiger partial charge in [0.25, 0.3) is 0 Å². The maximum Gasteiger partial charge on any atom is 0.201 e. The molecule has 4 heteroatoms. The summed E-state index contributed by atoms with van der Waals surface area (Å²) in [5, 5.41) is 0. The van der Waals surface area contributed by atoms with Crippen molar-refractivity contribution >= 4 is 5.69 Å². The molecule has 0 aliphatic carbocycles. The zero-order valence-electron chi connectivity index (χ0n) is 12.3. The Bertz CT molecular complexity index is 819. The van der Waals surface area contributed by atoms with E-state index >= 15 is 0 Å². The lowest BCUT2D eigenvalue weighted by atomic mass is 10.0. The van der Waals surface area contributed by atoms with Crippen molar-refractivity contribution in [1.82, 2.24) is 0 Å². The average Bonchev–Trinajstić information content (AvgIpc) is 2.58. The number of nitrogens with two attached hydrogens (primary N) is 1. The van der Waals surface area contributed by atoms with E-state index < -0.39 is 11.6 Å². The van der Waals surface area contributed by atoms with Gasteiger partial charge in [-0.25, -0.2) is 4.39 Å². The highest BCUT2D eigenvalue weighted by Crippen LogP contribution is 2.33. The van der Waals surface area contributed by atoms with E-state index in [1.165, 1.54) is 12.1 Å². The Kier molecular flexibility index (Phi) is 4.24. The Morgan fingerprint density at radius 3 is 2.17 bits per heavy atom. The summed E-state index contributed by atoms with van der Waals surface area (Å²) in [6.45, 7) is 0.171. The third kappa shape index (κ3) is 3.16. The minimum atomic E-state index is -1.01. The number of ether oxygens (including phenoxy) is 1. The van der Waals surface area contributed by atoms with Crippen LogP contribution in [0.5, 0.6) is 5.75 Å². The molecule has 0 unspecified atom stereocenters. The van der Waals surface area contributed by atoms with Gasteiger partial charge in [0.15, 0.2) is 11.6 Å². The van der Waals surface area contributed by atoms with E-state index in [0.717, 1.165) is 5.56 Å². The average molecular weight is 311 g/mol. The Labute approximate surface area is 133 Å². The highest BCUT2D eigenvalue weighted by molar-refractivity contribution is 5.77. The van der Waals surface area contributed by atoms with E-state index in [0.29, 0.717) is 11.3 Å². The normalized spacial score (nSPS) is 10.5. The van der Waals surface area contributed by atoms with Crippen LogP contribution < -0.4 is 10.5 Å². The fraction of sp³-hybridized carbons (Fsp3) is 0.0526. The highest BCUT2D eigenvalue weighted by atomic mass is 19.2. The first-order valence-corrected chi connectivity index (χ1v) is 7.16. The third-order valence-electron chi connectivity index (χ3n) is 3.54. The number of benzene rings is 3. The number of rotatable bonds is 4. The molecular formula is C19H15F2NO. The van der Waals surface area contributed by atoms with E-state index in [4.69, 9.17) is 10.5 Å². The van der Waals surface area contributed by atoms with Gasteiger partial charge in [0.05, 0.1) is 0 Å². The molecule has 3 rings (SSSR count). The Hall–Kier alpha value is -2.88. The van der Waals surface area contributed by atoms with Gasteiger partial charge in [-0.05, 0) is 23.8 Å². The molecule has 3 aromatic carbocycles. The molecule has 0 bridgehead atoms. The van der Waals surface area contributed by atoms with Crippen LogP contribution in [-0.2, 0) is 6.61 Å². The predicted molar refractivity (Wildman–Crippen MR) is 87.0 cm³/mol. The fourth-order valence-electron chi connectivity index (χ4n) is 2.33. The van der Waals surface area contributed by atoms with Gasteiger partial charge in [0, 0.05) is 16.8 Å². The van der Waals surface area contributed by atoms with Gasteiger partial charge in [-0.2, -0.15) is 4.39 Å². The topological polar surface area (TPSA) is 35.2 Å². The first-order valence-electron chi connectivity index (χ1n) is 7.16. The molecular weight excluding hydrogens is 296 g/mol. The van der Waals surface area contributed by atoms with Crippen LogP contribution in [0.2, 0.25) is 0 Å². The van der Waals surface area contributed by atoms with Crippen molar-refractivity contribution in [3.8, 4) is 16.9 Å². The van der Waals surface area contributed by atoms with Crippen LogP contribution in [0.15, 0.2) is 66.7 Å². The van der Waals surface area contributed by atoms with E-state index in [9.17, 15) is 8.78 Å². The SMILES string of the molecule is Nc1ccccc1-c1ccc(OCc2ccccc2)c(F)c1F. The molecule has 0 heterocycles. The van der Waals surface area contributed by atoms with Crippen molar-refractivity contribution in [2.75, 3.05) is 5.73 Å². The van der Waals surface area contributed by atoms with E-state index in [1.807, 2.05) is 30.3 Å². The Morgan fingerprint density at radius 2 is 1.43 bits per heavy atom. The molecule has 0 saturated heterocycles. The number of halogens is 2. The van der Waals surface area contributed by atoms with Gasteiger partial charge < -0.3 is 10.5 Å². The molecule has 0 amide bonds. The standard InChI is InChI=1S/C19H15F2NO/c20-18-15(14-8-4-5-9-16(14)22)10-11-17(19(18)21)23-12-13-6-2-1-3-7-13/h1-11H,12,22H2. The summed E-state index contributed by atoms with van der Waals surface area (Å²) >= 11 is 0. The Morgan fingerprint density at radius 1 is 0.739 bits per heavy atom. The summed E-state index contributed by atoms with van der Waals surface area (Å²) in [5.41, 5.74) is 7.67. The largest absolute Gasteiger partial charge is 0.486 e. The lowest BCUT2D eigenvalue weighted by Crippen LogP contribution is -2.01. The van der Waals surface area contributed by atoms with Gasteiger partial charge in [-0.1, -0.05) is 48.5 Å². The zero-order valence-corrected chi connectivity index (χ0v) is 12.3. The van der Waals surface area contributed by atoms with E-state index in [-0.39, 0.29) is 17.9 Å². The molecule has 0 atom stereocenters. The highest BCUT2D eigenvalue weighted by Gasteiger charge is 2.17. The smallest absolute Gasteiger partial charge is 0.201 e. The molecule has 0 radical (unpaired) electrons. The second-order valence-corrected chi connectivity index (χ2v) is 5.10. The fourth-order valence-corrected chi connectivity index (χ4v) is 2.33. The van der Waals surface area contributed by atoms with E-state index in [1.54, 1.807) is 24.3 Å². The van der Waals surface area contributed by atoms with Gasteiger partial charge in [0.1, 0.15) is 6.61 Å². The molecule has 0 aliphatic rings. The minimum absolute atomic E-state index is 0.118. The van der Waals surface area contributed by atoms with Crippen LogP contribution in [0.4, 0.5) is 14.5 Å². The van der Waals surface area contributed by atoms with Gasteiger partial charge in [-0.15, -0.1) is 0 Å². The predicted octanol–water partition coefficient (Wildman–Crippen LogP) is 4.79. The van der Waals surface area contributed by atoms with Crippen LogP contribution >= 0.6 is 0 Å². The number of anilines is 1. The first-order chi connectivity index (χ1) is 11.2. The molecule has 3 aromatic rings. The second-order valence-electron chi connectivity index (χ2n) is 5.10. The maximum absolute atomic E-state index is 14.3. The van der Waals surface area contributed by atoms with Crippen LogP contribution in [-0.4, -0.2) is 0 Å². The van der Waals surface area contributed by atoms with Crippen molar-refractivity contribution in [2.24, 2.45) is 0 Å². The molecule has 0 spiro atoms. The summed E-state index contributed by atoms with van der Waals surface area (Å²) < 4.78 is 34.0. The first kappa shape index (κ1) is 15.0. The van der Waals surface area contributed by atoms with Crippen molar-refractivity contribution in [2.45, 2.75) is 6.61 Å². The summed E-state index contributed by atoms with van der Waals surface area (Å²) in [7, 11) is 0. The molecule has 2 nitrogen and oxygen atoms in total. The lowest BCUT2D eigenvalue weighted by Gasteiger charge is -2.11. The quantitative estimate of drug-likeness (QED) is 0.703. The number of hydrogen-bond acceptors (Lipinski definition) is 2. The van der Waals surface area contributed by atoms with Gasteiger partial charge in [0.2, 0.25) is 5.82 Å². The summed E-state index contributed by atoms with van der Waals surface area (Å²) in [6.07, 6.45) is 0. The minimum Gasteiger partial charge on any atom is -0.486 e. The molecule has 0 fully saturated rings. The summed E-state index contributed by atoms with van der Waals surface area (Å²) in [4.78, 5) is 0. The summed E-state index contributed by atoms with van der Waals surface area (Å²) in [6, 6.07) is 19.0. The maximum atomic E-state index is 14.3. The monoisotopic (exact) mass is 311 g/mol. The lowest BCUT2D eigenvalue weighted by molar-refractivity contribution is 0.285. The molecule has 0 saturated carbocycles. The summed E-state index contributed by atoms with van der Waals surface area (Å²) in [5.74, 6) is -2.10. The molecule has 23 heavy (non-hydrogen) atoms. The van der Waals surface area contributed by atoms with Crippen molar-refractivity contribution in [3.05, 3.63) is 83.9 Å². The third-order valence-corrected chi connectivity index (χ3v) is 3.54. The van der Waals surface area contributed by atoms with Crippen LogP contribution in [0.1, 0.15) is 5.56 Å². The van der Waals surface area contributed by atoms with Crippen molar-refractivity contribution in [3.63, 3.8) is 0 Å². The van der Waals surface area contributed by atoms with Gasteiger partial charge >= 0.3 is 0 Å². The molecule has 2 N–H and O–H groups in total. The number of hydrogen-bond donors (Lipinski definition) is 1. The van der Waals surface area contributed by atoms with Crippen LogP contribution in [0, 0.1) is 11.6 Å². The zero-order chi connectivity index (χ0) is 16.2. The second kappa shape index (κ2) is 6.48. The van der Waals surface area contributed by atoms with Crippen molar-refractivity contribution < 1.29 is 13.5 Å². The Balaban J connectivity index is 1.88. The van der Waals surface area contributed by atoms with Crippen LogP contribution in [0.25, 0.3) is 11.1 Å². The number of para-hydroxylation sites is 1. The molecule has 0 aliphatic heterocycles. The molecule has 116 valence electrons. The van der Waals surface area contributed by atoms with E-state index in [2.05, 4.69) is 0 Å².